The van der Waals surface area contributed by atoms with Gasteiger partial charge in [0.2, 0.25) is 0 Å². The minimum Gasteiger partial charge on any atom is -0.444 e. The number of nitrogens with zero attached hydrogens (tertiary/aromatic N) is 2. The van der Waals surface area contributed by atoms with Crippen LogP contribution in [0.4, 0.5) is 4.79 Å². The number of nitrogens with one attached hydrogen (secondary N) is 2. The third kappa shape index (κ3) is 7.58. The van der Waals surface area contributed by atoms with Gasteiger partial charge >= 0.3 is 6.09 Å². The Bertz CT molecular complexity index is 437. The number of hydrogen-bond donors (Lipinski definition) is 2. The molecular weight excluding hydrogens is 431 g/mol. The Hall–Kier alpha value is -0.730. The summed E-state index contributed by atoms with van der Waals surface area (Å²) in [6.07, 6.45) is 6.01. The molecule has 1 aliphatic heterocycles. The highest BCUT2D eigenvalue weighted by atomic mass is 127. The molecule has 1 saturated heterocycles. The SMILES string of the molecule is CN=C(NCCCNC(=O)OC(C)(C)C)N1CC2CCCCC2C1.I. The maximum Gasteiger partial charge on any atom is 0.407 e. The summed E-state index contributed by atoms with van der Waals surface area (Å²) in [6.45, 7) is 9.28. The summed E-state index contributed by atoms with van der Waals surface area (Å²) in [5, 5.41) is 6.21. The van der Waals surface area contributed by atoms with Crippen LogP contribution in [0.25, 0.3) is 0 Å². The van der Waals surface area contributed by atoms with Crippen LogP contribution < -0.4 is 10.6 Å². The van der Waals surface area contributed by atoms with E-state index in [0.717, 1.165) is 43.9 Å². The fourth-order valence-corrected chi connectivity index (χ4v) is 3.70. The summed E-state index contributed by atoms with van der Waals surface area (Å²) >= 11 is 0. The first-order valence-electron chi connectivity index (χ1n) is 9.31. The van der Waals surface area contributed by atoms with Crippen LogP contribution in [0.1, 0.15) is 52.9 Å². The first-order valence-corrected chi connectivity index (χ1v) is 9.31. The van der Waals surface area contributed by atoms with E-state index in [1.165, 1.54) is 25.7 Å². The van der Waals surface area contributed by atoms with E-state index in [9.17, 15) is 4.79 Å². The highest BCUT2D eigenvalue weighted by Gasteiger charge is 2.35. The number of alkyl carbamates (subject to hydrolysis) is 1. The molecule has 2 N–H and O–H groups in total. The van der Waals surface area contributed by atoms with Gasteiger partial charge in [-0.25, -0.2) is 4.79 Å². The van der Waals surface area contributed by atoms with Crippen LogP contribution in [0.3, 0.4) is 0 Å². The zero-order valence-electron chi connectivity index (χ0n) is 16.1. The second kappa shape index (κ2) is 10.4. The molecule has 2 atom stereocenters. The molecule has 6 nitrogen and oxygen atoms in total. The average Bonchev–Trinajstić information content (AvgIpc) is 2.92. The van der Waals surface area contributed by atoms with Gasteiger partial charge in [-0.3, -0.25) is 4.99 Å². The van der Waals surface area contributed by atoms with Crippen LogP contribution in [0.5, 0.6) is 0 Å². The summed E-state index contributed by atoms with van der Waals surface area (Å²) < 4.78 is 5.22. The molecule has 0 aromatic heterocycles. The summed E-state index contributed by atoms with van der Waals surface area (Å²) in [5.74, 6) is 2.71. The number of ether oxygens (including phenoxy) is 1. The molecule has 1 heterocycles. The molecule has 0 radical (unpaired) electrons. The molecule has 1 saturated carbocycles. The Morgan fingerprint density at radius 3 is 2.20 bits per heavy atom. The second-order valence-electron chi connectivity index (χ2n) is 7.97. The molecule has 1 amide bonds. The van der Waals surface area contributed by atoms with E-state index >= 15 is 0 Å². The Balaban J connectivity index is 0.00000312. The molecule has 0 bridgehead atoms. The maximum atomic E-state index is 11.6. The van der Waals surface area contributed by atoms with Gasteiger partial charge in [-0.2, -0.15) is 0 Å². The number of hydrogen-bond acceptors (Lipinski definition) is 3. The van der Waals surface area contributed by atoms with E-state index in [2.05, 4.69) is 20.5 Å². The van der Waals surface area contributed by atoms with Crippen molar-refractivity contribution in [2.24, 2.45) is 16.8 Å². The molecule has 2 fully saturated rings. The van der Waals surface area contributed by atoms with E-state index in [0.29, 0.717) is 6.54 Å². The number of guanidine groups is 1. The molecule has 0 aromatic carbocycles. The first-order chi connectivity index (χ1) is 11.4. The van der Waals surface area contributed by atoms with Crippen molar-refractivity contribution in [3.63, 3.8) is 0 Å². The summed E-state index contributed by atoms with van der Waals surface area (Å²) in [4.78, 5) is 18.4. The van der Waals surface area contributed by atoms with E-state index < -0.39 is 5.60 Å². The topological polar surface area (TPSA) is 66.0 Å². The van der Waals surface area contributed by atoms with E-state index in [-0.39, 0.29) is 30.1 Å². The van der Waals surface area contributed by atoms with Gasteiger partial charge < -0.3 is 20.3 Å². The lowest BCUT2D eigenvalue weighted by molar-refractivity contribution is 0.0527. The lowest BCUT2D eigenvalue weighted by Crippen LogP contribution is -2.41. The van der Waals surface area contributed by atoms with Crippen molar-refractivity contribution in [3.05, 3.63) is 0 Å². The minimum absolute atomic E-state index is 0. The number of carbonyl (C=O) groups excluding carboxylic acids is 1. The third-order valence-corrected chi connectivity index (χ3v) is 4.79. The van der Waals surface area contributed by atoms with E-state index in [1.54, 1.807) is 0 Å². The molecule has 7 heteroatoms. The van der Waals surface area contributed by atoms with Crippen molar-refractivity contribution >= 4 is 36.0 Å². The molecule has 1 aliphatic carbocycles. The van der Waals surface area contributed by atoms with E-state index in [4.69, 9.17) is 4.74 Å². The third-order valence-electron chi connectivity index (χ3n) is 4.79. The molecule has 2 unspecified atom stereocenters. The lowest BCUT2D eigenvalue weighted by Gasteiger charge is -2.22. The molecule has 2 rings (SSSR count). The number of carbonyl (C=O) groups is 1. The van der Waals surface area contributed by atoms with Gasteiger partial charge in [-0.15, -0.1) is 24.0 Å². The average molecular weight is 466 g/mol. The molecule has 25 heavy (non-hydrogen) atoms. The molecule has 0 aromatic rings. The molecular formula is C18H35IN4O2. The maximum absolute atomic E-state index is 11.6. The number of fused-ring (bicyclic) bond motifs is 1. The Morgan fingerprint density at radius 1 is 1.12 bits per heavy atom. The zero-order chi connectivity index (χ0) is 17.6. The van der Waals surface area contributed by atoms with Crippen molar-refractivity contribution in [1.82, 2.24) is 15.5 Å². The van der Waals surface area contributed by atoms with E-state index in [1.807, 2.05) is 27.8 Å². The highest BCUT2D eigenvalue weighted by molar-refractivity contribution is 14.0. The minimum atomic E-state index is -0.448. The Morgan fingerprint density at radius 2 is 1.68 bits per heavy atom. The van der Waals surface area contributed by atoms with Crippen LogP contribution in [0, 0.1) is 11.8 Å². The van der Waals surface area contributed by atoms with Gasteiger partial charge in [0.25, 0.3) is 0 Å². The molecule has 146 valence electrons. The standard InChI is InChI=1S/C18H34N4O2.HI/c1-18(2,3)24-17(23)21-11-7-10-20-16(19-4)22-12-14-8-5-6-9-15(14)13-22;/h14-15H,5-13H2,1-4H3,(H,19,20)(H,21,23);1H. The van der Waals surface area contributed by atoms with Crippen molar-refractivity contribution in [2.45, 2.75) is 58.5 Å². The smallest absolute Gasteiger partial charge is 0.407 e. The Kier molecular flexibility index (Phi) is 9.30. The van der Waals surface area contributed by atoms with Crippen molar-refractivity contribution in [1.29, 1.82) is 0 Å². The van der Waals surface area contributed by atoms with Gasteiger partial charge in [0, 0.05) is 33.2 Å². The van der Waals surface area contributed by atoms with Gasteiger partial charge in [0.05, 0.1) is 0 Å². The number of halogens is 1. The van der Waals surface area contributed by atoms with Gasteiger partial charge in [-0.1, -0.05) is 12.8 Å². The van der Waals surface area contributed by atoms with Gasteiger partial charge in [-0.05, 0) is 51.9 Å². The van der Waals surface area contributed by atoms with Gasteiger partial charge in [0.15, 0.2) is 5.96 Å². The summed E-state index contributed by atoms with van der Waals surface area (Å²) in [7, 11) is 1.85. The molecule has 0 spiro atoms. The van der Waals surface area contributed by atoms with Crippen LogP contribution >= 0.6 is 24.0 Å². The fourth-order valence-electron chi connectivity index (χ4n) is 3.70. The van der Waals surface area contributed by atoms with Crippen LogP contribution in [0.15, 0.2) is 4.99 Å². The lowest BCUT2D eigenvalue weighted by atomic mass is 9.82. The number of amides is 1. The largest absolute Gasteiger partial charge is 0.444 e. The summed E-state index contributed by atoms with van der Waals surface area (Å²) in [6, 6.07) is 0. The van der Waals surface area contributed by atoms with Crippen molar-refractivity contribution in [3.8, 4) is 0 Å². The van der Waals surface area contributed by atoms with Crippen molar-refractivity contribution in [2.75, 3.05) is 33.2 Å². The normalized spacial score (nSPS) is 23.5. The van der Waals surface area contributed by atoms with Crippen molar-refractivity contribution < 1.29 is 9.53 Å². The highest BCUT2D eigenvalue weighted by Crippen LogP contribution is 2.35. The predicted molar refractivity (Wildman–Crippen MR) is 113 cm³/mol. The number of rotatable bonds is 4. The number of likely N-dealkylation sites (tertiary alicyclic amines) is 1. The van der Waals surface area contributed by atoms with Crippen LogP contribution in [0.2, 0.25) is 0 Å². The number of aliphatic imine (C=N–C) groups is 1. The second-order valence-corrected chi connectivity index (χ2v) is 7.97. The first kappa shape index (κ1) is 22.3. The van der Waals surface area contributed by atoms with Crippen LogP contribution in [-0.4, -0.2) is 55.8 Å². The van der Waals surface area contributed by atoms with Crippen LogP contribution in [-0.2, 0) is 4.74 Å². The summed E-state index contributed by atoms with van der Waals surface area (Å²) in [5.41, 5.74) is -0.448. The zero-order valence-corrected chi connectivity index (χ0v) is 18.5. The monoisotopic (exact) mass is 466 g/mol. The quantitative estimate of drug-likeness (QED) is 0.289. The Labute approximate surface area is 169 Å². The predicted octanol–water partition coefficient (Wildman–Crippen LogP) is 3.22. The fraction of sp³-hybridized carbons (Fsp3) is 0.889. The van der Waals surface area contributed by atoms with Gasteiger partial charge in [0.1, 0.15) is 5.60 Å². The molecule has 2 aliphatic rings.